The minimum absolute atomic E-state index is 0.317. The average molecular weight is 187 g/mol. The van der Waals surface area contributed by atoms with Crippen molar-refractivity contribution in [2.24, 2.45) is 5.73 Å². The maximum atomic E-state index is 6.08. The fraction of sp³-hybridized carbons (Fsp3) is 0.538. The van der Waals surface area contributed by atoms with Crippen LogP contribution in [-0.2, 0) is 19.3 Å². The Morgan fingerprint density at radius 2 is 1.86 bits per heavy atom. The maximum Gasteiger partial charge on any atom is 0.0300 e. The van der Waals surface area contributed by atoms with E-state index in [2.05, 4.69) is 12.1 Å². The van der Waals surface area contributed by atoms with E-state index in [0.717, 1.165) is 6.42 Å². The zero-order valence-corrected chi connectivity index (χ0v) is 8.55. The van der Waals surface area contributed by atoms with E-state index < -0.39 is 0 Å². The second kappa shape index (κ2) is 3.09. The Labute approximate surface area is 85.3 Å². The summed E-state index contributed by atoms with van der Waals surface area (Å²) in [6.45, 7) is 0. The molecule has 0 spiro atoms. The van der Waals surface area contributed by atoms with Gasteiger partial charge in [-0.3, -0.25) is 0 Å². The predicted octanol–water partition coefficient (Wildman–Crippen LogP) is 2.51. The topological polar surface area (TPSA) is 26.0 Å². The van der Waals surface area contributed by atoms with Gasteiger partial charge in [0, 0.05) is 6.04 Å². The van der Waals surface area contributed by atoms with Crippen LogP contribution in [0, 0.1) is 0 Å². The van der Waals surface area contributed by atoms with Gasteiger partial charge in [0.15, 0.2) is 0 Å². The zero-order valence-electron chi connectivity index (χ0n) is 8.55. The summed E-state index contributed by atoms with van der Waals surface area (Å²) in [5, 5.41) is 0. The van der Waals surface area contributed by atoms with Crippen LogP contribution in [-0.4, -0.2) is 0 Å². The number of nitrogens with two attached hydrogens (primary N) is 1. The van der Waals surface area contributed by atoms with E-state index in [-0.39, 0.29) is 0 Å². The van der Waals surface area contributed by atoms with Crippen molar-refractivity contribution in [2.45, 2.75) is 44.6 Å². The number of hydrogen-bond acceptors (Lipinski definition) is 1. The molecule has 0 saturated carbocycles. The first-order chi connectivity index (χ1) is 6.86. The molecule has 0 unspecified atom stereocenters. The van der Waals surface area contributed by atoms with Crippen LogP contribution in [0.4, 0.5) is 0 Å². The lowest BCUT2D eigenvalue weighted by atomic mass is 9.86. The third-order valence-electron chi connectivity index (χ3n) is 3.79. The van der Waals surface area contributed by atoms with Crippen LogP contribution in [0.5, 0.6) is 0 Å². The van der Waals surface area contributed by atoms with Crippen molar-refractivity contribution >= 4 is 0 Å². The summed E-state index contributed by atoms with van der Waals surface area (Å²) in [5.74, 6) is 0. The molecule has 0 saturated heterocycles. The summed E-state index contributed by atoms with van der Waals surface area (Å²) in [6, 6.07) is 4.91. The van der Waals surface area contributed by atoms with Gasteiger partial charge in [-0.25, -0.2) is 0 Å². The van der Waals surface area contributed by atoms with E-state index in [1.807, 2.05) is 0 Å². The molecule has 1 aromatic carbocycles. The molecule has 1 aromatic rings. The average Bonchev–Trinajstić information content (AvgIpc) is 2.61. The van der Waals surface area contributed by atoms with Crippen molar-refractivity contribution in [3.63, 3.8) is 0 Å². The molecule has 0 bridgehead atoms. The van der Waals surface area contributed by atoms with E-state index in [1.54, 1.807) is 16.7 Å². The van der Waals surface area contributed by atoms with Gasteiger partial charge in [0.05, 0.1) is 0 Å². The largest absolute Gasteiger partial charge is 0.324 e. The lowest BCUT2D eigenvalue weighted by Gasteiger charge is -2.19. The van der Waals surface area contributed by atoms with Crippen LogP contribution in [0.2, 0.25) is 0 Å². The SMILES string of the molecule is N[C@@H]1CCc2c1ccc1c2CCCC1. The molecule has 0 heterocycles. The molecule has 0 radical (unpaired) electrons. The van der Waals surface area contributed by atoms with Gasteiger partial charge >= 0.3 is 0 Å². The summed E-state index contributed by atoms with van der Waals surface area (Å²) in [7, 11) is 0. The zero-order chi connectivity index (χ0) is 9.54. The van der Waals surface area contributed by atoms with E-state index in [1.165, 1.54) is 37.7 Å². The Balaban J connectivity index is 2.15. The summed E-state index contributed by atoms with van der Waals surface area (Å²) in [5.41, 5.74) is 12.4. The summed E-state index contributed by atoms with van der Waals surface area (Å²) < 4.78 is 0. The van der Waals surface area contributed by atoms with Gasteiger partial charge in [0.1, 0.15) is 0 Å². The number of fused-ring (bicyclic) bond motifs is 3. The third kappa shape index (κ3) is 1.12. The van der Waals surface area contributed by atoms with Crippen LogP contribution in [0.1, 0.15) is 47.6 Å². The minimum Gasteiger partial charge on any atom is -0.324 e. The van der Waals surface area contributed by atoms with Crippen molar-refractivity contribution in [2.75, 3.05) is 0 Å². The molecule has 1 nitrogen and oxygen atoms in total. The van der Waals surface area contributed by atoms with Crippen LogP contribution in [0.15, 0.2) is 12.1 Å². The van der Waals surface area contributed by atoms with Gasteiger partial charge in [-0.2, -0.15) is 0 Å². The van der Waals surface area contributed by atoms with Crippen LogP contribution in [0.25, 0.3) is 0 Å². The molecule has 2 aliphatic carbocycles. The van der Waals surface area contributed by atoms with E-state index in [0.29, 0.717) is 6.04 Å². The Kier molecular flexibility index (Phi) is 1.88. The van der Waals surface area contributed by atoms with Crippen LogP contribution >= 0.6 is 0 Å². The highest BCUT2D eigenvalue weighted by Crippen LogP contribution is 2.36. The molecule has 74 valence electrons. The summed E-state index contributed by atoms with van der Waals surface area (Å²) in [6.07, 6.45) is 7.71. The van der Waals surface area contributed by atoms with Crippen LogP contribution in [0.3, 0.4) is 0 Å². The fourth-order valence-electron chi connectivity index (χ4n) is 3.02. The van der Waals surface area contributed by atoms with Gasteiger partial charge in [0.25, 0.3) is 0 Å². The highest BCUT2D eigenvalue weighted by atomic mass is 14.6. The smallest absolute Gasteiger partial charge is 0.0300 e. The lowest BCUT2D eigenvalue weighted by molar-refractivity contribution is 0.679. The van der Waals surface area contributed by atoms with Gasteiger partial charge in [-0.05, 0) is 60.8 Å². The van der Waals surface area contributed by atoms with Gasteiger partial charge in [0.2, 0.25) is 0 Å². The molecule has 0 amide bonds. The third-order valence-corrected chi connectivity index (χ3v) is 3.79. The first-order valence-electron chi connectivity index (χ1n) is 5.75. The van der Waals surface area contributed by atoms with Crippen molar-refractivity contribution in [3.05, 3.63) is 34.4 Å². The van der Waals surface area contributed by atoms with Gasteiger partial charge in [-0.15, -0.1) is 0 Å². The molecule has 1 atom stereocenters. The molecular formula is C13H17N. The predicted molar refractivity (Wildman–Crippen MR) is 58.3 cm³/mol. The molecule has 3 rings (SSSR count). The standard InChI is InChI=1S/C13H17N/c14-13-8-7-11-10-4-2-1-3-9(10)5-6-12(11)13/h5-6,13H,1-4,7-8,14H2/t13-/m1/s1. The van der Waals surface area contributed by atoms with E-state index in [9.17, 15) is 0 Å². The molecule has 2 N–H and O–H groups in total. The maximum absolute atomic E-state index is 6.08. The first-order valence-corrected chi connectivity index (χ1v) is 5.75. The molecule has 0 aliphatic heterocycles. The van der Waals surface area contributed by atoms with E-state index in [4.69, 9.17) is 5.73 Å². The van der Waals surface area contributed by atoms with Crippen molar-refractivity contribution in [1.29, 1.82) is 0 Å². The van der Waals surface area contributed by atoms with Gasteiger partial charge < -0.3 is 5.73 Å². The highest BCUT2D eigenvalue weighted by molar-refractivity contribution is 5.46. The number of rotatable bonds is 0. The lowest BCUT2D eigenvalue weighted by Crippen LogP contribution is -2.09. The van der Waals surface area contributed by atoms with Crippen molar-refractivity contribution in [3.8, 4) is 0 Å². The quantitative estimate of drug-likeness (QED) is 0.663. The monoisotopic (exact) mass is 187 g/mol. The Morgan fingerprint density at radius 1 is 1.00 bits per heavy atom. The Bertz CT molecular complexity index is 368. The number of aryl methyl sites for hydroxylation is 1. The summed E-state index contributed by atoms with van der Waals surface area (Å²) >= 11 is 0. The number of benzene rings is 1. The Hall–Kier alpha value is -0.820. The fourth-order valence-corrected chi connectivity index (χ4v) is 3.02. The minimum atomic E-state index is 0.317. The Morgan fingerprint density at radius 3 is 2.79 bits per heavy atom. The van der Waals surface area contributed by atoms with Crippen molar-refractivity contribution in [1.82, 2.24) is 0 Å². The van der Waals surface area contributed by atoms with E-state index >= 15 is 0 Å². The molecule has 1 heteroatoms. The summed E-state index contributed by atoms with van der Waals surface area (Å²) in [4.78, 5) is 0. The second-order valence-corrected chi connectivity index (χ2v) is 4.62. The molecule has 0 fully saturated rings. The molecular weight excluding hydrogens is 170 g/mol. The van der Waals surface area contributed by atoms with Crippen molar-refractivity contribution < 1.29 is 0 Å². The highest BCUT2D eigenvalue weighted by Gasteiger charge is 2.24. The molecule has 14 heavy (non-hydrogen) atoms. The van der Waals surface area contributed by atoms with Crippen LogP contribution < -0.4 is 5.73 Å². The first kappa shape index (κ1) is 8.49. The van der Waals surface area contributed by atoms with Gasteiger partial charge in [-0.1, -0.05) is 12.1 Å². The normalized spacial score (nSPS) is 24.5. The second-order valence-electron chi connectivity index (χ2n) is 4.62. The molecule has 0 aromatic heterocycles. The number of hydrogen-bond donors (Lipinski definition) is 1. The molecule has 2 aliphatic rings.